The van der Waals surface area contributed by atoms with E-state index in [2.05, 4.69) is 145 Å². The minimum Gasteiger partial charge on any atom is -0.473 e. The zero-order valence-corrected chi connectivity index (χ0v) is 101. The summed E-state index contributed by atoms with van der Waals surface area (Å²) >= 11 is 20.0. The van der Waals surface area contributed by atoms with Gasteiger partial charge >= 0.3 is 139 Å². The monoisotopic (exact) mass is 2240 g/mol. The van der Waals surface area contributed by atoms with E-state index in [9.17, 15) is 76.1 Å². The molecular formula is C90H125ClNa2O33S9Si5. The molecule has 19 aliphatic heterocycles. The van der Waals surface area contributed by atoms with Gasteiger partial charge in [-0.05, 0) is 69.3 Å². The van der Waals surface area contributed by atoms with Gasteiger partial charge in [0.15, 0.2) is 0 Å². The summed E-state index contributed by atoms with van der Waals surface area (Å²) in [6, 6.07) is 3.67. The number of fused-ring (bicyclic) bond motifs is 11. The third-order valence-electron chi connectivity index (χ3n) is 25.2. The second kappa shape index (κ2) is 52.0. The van der Waals surface area contributed by atoms with Gasteiger partial charge in [-0.2, -0.15) is 105 Å². The molecule has 766 valence electrons. The summed E-state index contributed by atoms with van der Waals surface area (Å²) in [4.78, 5) is 186. The van der Waals surface area contributed by atoms with Crippen molar-refractivity contribution in [2.24, 2.45) is 43.3 Å². The van der Waals surface area contributed by atoms with Crippen LogP contribution in [-0.2, 0) is 149 Å². The van der Waals surface area contributed by atoms with Crippen LogP contribution in [0.15, 0.2) is 86.8 Å². The van der Waals surface area contributed by atoms with Crippen LogP contribution in [-0.4, -0.2) is 360 Å². The summed E-state index contributed by atoms with van der Waals surface area (Å²) in [5.41, 5.74) is -2.64. The average molecular weight is 2250 g/mol. The topological polar surface area (TPSA) is 472 Å². The Morgan fingerprint density at radius 3 is 0.993 bits per heavy atom. The molecular weight excluding hydrogens is 2120 g/mol. The van der Waals surface area contributed by atoms with Crippen LogP contribution in [0.5, 0.6) is 0 Å². The number of thioether (sulfide) groups is 7. The van der Waals surface area contributed by atoms with Gasteiger partial charge in [0.05, 0.1) is 156 Å². The molecule has 1 aromatic heterocycles. The van der Waals surface area contributed by atoms with Crippen LogP contribution < -0.4 is 0 Å². The molecule has 20 rings (SSSR count). The van der Waals surface area contributed by atoms with Crippen molar-refractivity contribution in [2.45, 2.75) is 193 Å². The van der Waals surface area contributed by atoms with E-state index >= 15 is 0 Å². The first-order chi connectivity index (χ1) is 64.9. The normalized spacial score (nSPS) is 31.2. The summed E-state index contributed by atoms with van der Waals surface area (Å²) in [6.07, 6.45) is 13.2. The van der Waals surface area contributed by atoms with Crippen molar-refractivity contribution in [1.29, 1.82) is 0 Å². The number of carboxylic acids is 2. The van der Waals surface area contributed by atoms with Crippen LogP contribution in [0.4, 0.5) is 0 Å². The molecule has 16 atom stereocenters. The first-order valence-corrected chi connectivity index (χ1v) is 81.5. The maximum atomic E-state index is 11.9. The Balaban J connectivity index is 0.000000235. The molecule has 140 heavy (non-hydrogen) atoms. The second-order valence-electron chi connectivity index (χ2n) is 41.0. The van der Waals surface area contributed by atoms with Gasteiger partial charge in [-0.25, -0.2) is 33.6 Å². The molecule has 13 saturated heterocycles. The molecule has 0 spiro atoms. The quantitative estimate of drug-likeness (QED) is 0.0271. The van der Waals surface area contributed by atoms with E-state index in [-0.39, 0.29) is 115 Å². The Kier molecular flexibility index (Phi) is 46.4. The number of carboxylic acid groups (broad SMARTS) is 2. The van der Waals surface area contributed by atoms with Crippen LogP contribution in [0.1, 0.15) is 46.5 Å². The van der Waals surface area contributed by atoms with E-state index in [1.807, 2.05) is 36.4 Å². The van der Waals surface area contributed by atoms with E-state index < -0.39 is 148 Å². The molecule has 13 fully saturated rings. The predicted molar refractivity (Wildman–Crippen MR) is 556 cm³/mol. The number of aliphatic carboxylic acids is 2. The zero-order valence-electron chi connectivity index (χ0n) is 83.3. The van der Waals surface area contributed by atoms with Gasteiger partial charge in [-0.15, -0.1) is 11.6 Å². The fraction of sp³-hybridized carbons (Fsp3) is 0.644. The molecule has 0 amide bonds. The number of carbonyl (C=O) groups excluding carboxylic acids is 15. The first kappa shape index (κ1) is 125. The summed E-state index contributed by atoms with van der Waals surface area (Å²) in [7, 11) is -1.24. The number of hydrogen-bond acceptors (Lipinski definition) is 38. The number of alkyl halides is 1. The third kappa shape index (κ3) is 26.9. The predicted octanol–water partition coefficient (Wildman–Crippen LogP) is 10.2. The molecule has 0 radical (unpaired) electrons. The summed E-state index contributed by atoms with van der Waals surface area (Å²) in [5, 5.41) is 21.8. The van der Waals surface area contributed by atoms with Gasteiger partial charge < -0.3 is 71.5 Å². The molecule has 50 heteroatoms. The van der Waals surface area contributed by atoms with E-state index in [1.165, 1.54) is 99.2 Å². The largest absolute Gasteiger partial charge is 0.473 e. The maximum Gasteiger partial charge on any atom is 0.0902 e. The number of carbonyl (C=O) groups is 15. The van der Waals surface area contributed by atoms with Gasteiger partial charge in [-0.3, -0.25) is 42.6 Å². The average Bonchev–Trinajstić information content (AvgIpc) is 1.50. The maximum absolute atomic E-state index is 11.9. The van der Waals surface area contributed by atoms with Crippen molar-refractivity contribution in [2.75, 3.05) is 117 Å². The van der Waals surface area contributed by atoms with Crippen molar-refractivity contribution in [3.63, 3.8) is 0 Å². The van der Waals surface area contributed by atoms with Crippen molar-refractivity contribution >= 4 is 298 Å². The van der Waals surface area contributed by atoms with Crippen molar-refractivity contribution < 1.29 is 157 Å². The van der Waals surface area contributed by atoms with Crippen molar-refractivity contribution in [3.8, 4) is 11.8 Å². The molecule has 20 heterocycles. The molecule has 2 N–H and O–H groups in total. The Labute approximate surface area is 894 Å². The van der Waals surface area contributed by atoms with E-state index in [1.54, 1.807) is 80.3 Å². The molecule has 33 nitrogen and oxygen atoms in total. The van der Waals surface area contributed by atoms with Crippen LogP contribution in [0.25, 0.3) is 0 Å². The summed E-state index contributed by atoms with van der Waals surface area (Å²) in [6.45, 7) is 40.3. The molecule has 0 saturated carbocycles. The Morgan fingerprint density at radius 2 is 0.729 bits per heavy atom. The number of methoxy groups -OCH3 is 3. The molecule has 0 unspecified atom stereocenters. The first-order valence-electron chi connectivity index (χ1n) is 44.9. The summed E-state index contributed by atoms with van der Waals surface area (Å²) < 4.78 is 76.0. The Hall–Kier alpha value is -3.87. The molecule has 0 aromatic carbocycles. The van der Waals surface area contributed by atoms with Crippen molar-refractivity contribution in [1.82, 2.24) is 0 Å². The van der Waals surface area contributed by atoms with Gasteiger partial charge in [0.25, 0.3) is 0 Å². The van der Waals surface area contributed by atoms with Gasteiger partial charge in [0.2, 0.25) is 0 Å². The zero-order chi connectivity index (χ0) is 105. The van der Waals surface area contributed by atoms with Gasteiger partial charge in [0, 0.05) is 102 Å². The van der Waals surface area contributed by atoms with Crippen LogP contribution in [0.3, 0.4) is 0 Å². The molecule has 19 aliphatic rings. The van der Waals surface area contributed by atoms with E-state index in [0.29, 0.717) is 91.3 Å². The van der Waals surface area contributed by atoms with Crippen LogP contribution in [0, 0.1) is 55.2 Å². The molecule has 8 bridgehead atoms. The number of rotatable bonds is 13. The molecule has 0 aliphatic carbocycles. The van der Waals surface area contributed by atoms with Crippen LogP contribution in [0.2, 0.25) is 98.2 Å². The Bertz CT molecular complexity index is 4790. The number of esters is 13. The van der Waals surface area contributed by atoms with Gasteiger partial charge in [0.1, 0.15) is 43.3 Å². The smallest absolute Gasteiger partial charge is 0.0902 e. The Morgan fingerprint density at radius 1 is 0.443 bits per heavy atom. The number of hydrogen-bond donors (Lipinski definition) is 2. The van der Waals surface area contributed by atoms with E-state index in [4.69, 9.17) is 69.3 Å². The van der Waals surface area contributed by atoms with E-state index in [0.717, 1.165) is 41.9 Å². The SMILES string of the molecule is CC#CC(=O)OC.COC(=O)C1=C(C(=O)OC)CSC1.C[C@@]12C(=O)OC(=O)[C@]1(C)[C@H]1CC[C@@H]2O1.C[Si](C)(C)CCl.C[Si](C)(C)CS(=O)C[Si](C)(C)C.C[Si](C)(C)CSC[Si](C)(C)C.O=C(O)C1=C(C(=O)O)CSC1.O=C1OC(=O)C2=C1CSC2.O=C1OC(=O)[C@@]23CSC[C@@]12[C@@H]1C=C[C@H]3O1.O=C1OC(=O)[C@@]23CSC[C@@]12[C@@H]1C=C[C@H]3O1.O=C1OC(=O)[C@@]23CSC[C@@]12[C@@H]1CC[C@H]3O1.O=C=O.S.[Na][Na].c1ccoc1. The molecule has 1 aromatic rings. The second-order valence-corrected chi connectivity index (χ2v) is 79.5. The van der Waals surface area contributed by atoms with Crippen molar-refractivity contribution in [3.05, 3.63) is 82.4 Å². The summed E-state index contributed by atoms with van der Waals surface area (Å²) in [5.74, 6) is 4.00. The number of cyclic esters (lactones) is 10. The van der Waals surface area contributed by atoms with Crippen LogP contribution >= 0.6 is 107 Å². The standard InChI is InChI=1S/C10H10O4S.2C10H8O4S.C10H12O4.C8H10O4S.C8H22OSSi2.C8H22SSi2.C6H6O4S.C6H4O3S.C5H6O2.C4H11ClSi.C4H4O.CO2.2Na.H2S/c3*11-7-9-3-15-4-10(9,8(12)14-7)6-2-1-5(9)13-6;1-9-5-3-4-6(13-5)10(9,2)8(12)14-7(9)11;1-11-7(9)5-3-13-4-6(5)8(10)12-2;1-11(2,3)7-10(9)8-12(4,5)6;1-10(2,3)7-9-8-11(4,5)6;7-5(8)3-1-11-2-4(3)6(9)10;7-5-3-1-10-2-4(3)6(8)9-5;1-3-4-5(6)7-2;1-6(2,3)4-5;1-2-4-5-3-1;2-1-3;;;/h5-6H,1-4H2;2*1-2,5-6H,3-4H2;5-6H,3-4H2,1-2H3;3-4H2,1-2H3;7-8H2,1-6H3;7-8H2,1-6H3;1-2H2,(H,7,8)(H,9,10);1-2H2;1-2H3;4H2,1-3H3;1-4H;;;;1H2/t4*5-,6+,9+,10-;;;;;;;;;;;;. The minimum absolute atomic E-state index is 0. The third-order valence-corrected chi connectivity index (χ3v) is 53.4. The van der Waals surface area contributed by atoms with Gasteiger partial charge in [-0.1, -0.05) is 128 Å². The number of ether oxygens (including phenoxy) is 12. The fourth-order valence-electron chi connectivity index (χ4n) is 18.4. The number of halogens is 1. The minimum atomic E-state index is -1.12. The number of furan rings is 1. The fourth-order valence-corrected chi connectivity index (χ4v) is 42.5.